The smallest absolute Gasteiger partial charge is 0.225 e. The van der Waals surface area contributed by atoms with Crippen molar-refractivity contribution in [1.82, 2.24) is 14.7 Å². The molecular weight excluding hydrogens is 320 g/mol. The zero-order valence-corrected chi connectivity index (χ0v) is 14.5. The third-order valence-corrected chi connectivity index (χ3v) is 5.46. The number of hydrogen-bond acceptors (Lipinski definition) is 5. The van der Waals surface area contributed by atoms with Crippen LogP contribution in [-0.2, 0) is 11.2 Å². The number of piperidine rings is 1. The van der Waals surface area contributed by atoms with Crippen molar-refractivity contribution in [2.75, 3.05) is 18.0 Å². The van der Waals surface area contributed by atoms with Gasteiger partial charge in [0.2, 0.25) is 11.0 Å². The van der Waals surface area contributed by atoms with Crippen molar-refractivity contribution in [2.45, 2.75) is 38.1 Å². The highest BCUT2D eigenvalue weighted by atomic mass is 32.1. The lowest BCUT2D eigenvalue weighted by atomic mass is 9.97. The second kappa shape index (κ2) is 6.89. The highest BCUT2D eigenvalue weighted by molar-refractivity contribution is 7.09. The number of anilines is 1. The lowest BCUT2D eigenvalue weighted by Crippen LogP contribution is -2.43. The van der Waals surface area contributed by atoms with Crippen molar-refractivity contribution in [1.29, 1.82) is 0 Å². The van der Waals surface area contributed by atoms with Crippen LogP contribution >= 0.6 is 11.5 Å². The van der Waals surface area contributed by atoms with E-state index in [1.165, 1.54) is 17.1 Å². The van der Waals surface area contributed by atoms with Crippen LogP contribution in [0.25, 0.3) is 0 Å². The van der Waals surface area contributed by atoms with E-state index in [1.54, 1.807) is 0 Å². The molecule has 1 amide bonds. The number of aromatic nitrogens is 2. The van der Waals surface area contributed by atoms with Gasteiger partial charge in [-0.1, -0.05) is 30.3 Å². The van der Waals surface area contributed by atoms with Gasteiger partial charge in [0.25, 0.3) is 0 Å². The molecule has 1 atom stereocenters. The summed E-state index contributed by atoms with van der Waals surface area (Å²) >= 11 is 1.45. The zero-order valence-electron chi connectivity index (χ0n) is 13.6. The SMILES string of the molecule is O=C(NC1CC1)C1CCCN(c2nc(Cc3ccccc3)ns2)C1. The Morgan fingerprint density at radius 2 is 2.08 bits per heavy atom. The highest BCUT2D eigenvalue weighted by Crippen LogP contribution is 2.26. The van der Waals surface area contributed by atoms with E-state index in [0.717, 1.165) is 56.1 Å². The number of carbonyl (C=O) groups is 1. The molecule has 2 aliphatic rings. The van der Waals surface area contributed by atoms with Crippen molar-refractivity contribution in [3.63, 3.8) is 0 Å². The largest absolute Gasteiger partial charge is 0.353 e. The minimum absolute atomic E-state index is 0.0841. The maximum Gasteiger partial charge on any atom is 0.225 e. The first-order valence-electron chi connectivity index (χ1n) is 8.70. The summed E-state index contributed by atoms with van der Waals surface area (Å²) in [5, 5.41) is 4.08. The van der Waals surface area contributed by atoms with Crippen molar-refractivity contribution in [3.05, 3.63) is 41.7 Å². The van der Waals surface area contributed by atoms with Crippen molar-refractivity contribution in [2.24, 2.45) is 5.92 Å². The predicted molar refractivity (Wildman–Crippen MR) is 95.3 cm³/mol. The molecule has 2 heterocycles. The summed E-state index contributed by atoms with van der Waals surface area (Å²) in [6.45, 7) is 1.73. The van der Waals surface area contributed by atoms with Crippen molar-refractivity contribution < 1.29 is 4.79 Å². The zero-order chi connectivity index (χ0) is 16.4. The first-order chi connectivity index (χ1) is 11.8. The standard InChI is InChI=1S/C18H22N4OS/c23-17(19-15-8-9-15)14-7-4-10-22(12-14)18-20-16(21-24-18)11-13-5-2-1-3-6-13/h1-3,5-6,14-15H,4,7-12H2,(H,19,23). The molecule has 0 bridgehead atoms. The molecule has 0 radical (unpaired) electrons. The Kier molecular flexibility index (Phi) is 4.47. The molecule has 126 valence electrons. The van der Waals surface area contributed by atoms with Gasteiger partial charge in [-0.15, -0.1) is 0 Å². The third kappa shape index (κ3) is 3.75. The minimum atomic E-state index is 0.0841. The highest BCUT2D eigenvalue weighted by Gasteiger charge is 2.31. The Morgan fingerprint density at radius 3 is 2.88 bits per heavy atom. The Balaban J connectivity index is 1.39. The fraction of sp³-hybridized carbons (Fsp3) is 0.500. The van der Waals surface area contributed by atoms with Crippen LogP contribution in [0.2, 0.25) is 0 Å². The van der Waals surface area contributed by atoms with Gasteiger partial charge in [0.1, 0.15) is 5.82 Å². The summed E-state index contributed by atoms with van der Waals surface area (Å²) in [7, 11) is 0. The fourth-order valence-electron chi connectivity index (χ4n) is 3.14. The van der Waals surface area contributed by atoms with E-state index in [4.69, 9.17) is 4.98 Å². The van der Waals surface area contributed by atoms with Gasteiger partial charge in [0, 0.05) is 37.1 Å². The van der Waals surface area contributed by atoms with Crippen LogP contribution in [0.5, 0.6) is 0 Å². The van der Waals surface area contributed by atoms with Crippen LogP contribution in [-0.4, -0.2) is 34.4 Å². The number of nitrogens with zero attached hydrogens (tertiary/aromatic N) is 3. The molecule has 1 aromatic heterocycles. The van der Waals surface area contributed by atoms with E-state index in [1.807, 2.05) is 18.2 Å². The van der Waals surface area contributed by atoms with E-state index in [-0.39, 0.29) is 11.8 Å². The van der Waals surface area contributed by atoms with Crippen LogP contribution < -0.4 is 10.2 Å². The molecule has 1 unspecified atom stereocenters. The van der Waals surface area contributed by atoms with Gasteiger partial charge in [0.05, 0.1) is 5.92 Å². The van der Waals surface area contributed by atoms with E-state index >= 15 is 0 Å². The average Bonchev–Trinajstić information content (AvgIpc) is 3.31. The van der Waals surface area contributed by atoms with Gasteiger partial charge in [-0.25, -0.2) is 4.98 Å². The summed E-state index contributed by atoms with van der Waals surface area (Å²) in [4.78, 5) is 19.2. The normalized spacial score (nSPS) is 20.8. The molecule has 1 aromatic carbocycles. The molecule has 5 nitrogen and oxygen atoms in total. The van der Waals surface area contributed by atoms with E-state index in [2.05, 4.69) is 26.7 Å². The van der Waals surface area contributed by atoms with Crippen LogP contribution in [0.1, 0.15) is 37.1 Å². The van der Waals surface area contributed by atoms with E-state index < -0.39 is 0 Å². The van der Waals surface area contributed by atoms with Gasteiger partial charge in [0.15, 0.2) is 0 Å². The third-order valence-electron chi connectivity index (χ3n) is 4.65. The minimum Gasteiger partial charge on any atom is -0.353 e. The molecular formula is C18H22N4OS. The summed E-state index contributed by atoms with van der Waals surface area (Å²) in [5.41, 5.74) is 1.22. The van der Waals surface area contributed by atoms with Gasteiger partial charge in [-0.05, 0) is 31.2 Å². The monoisotopic (exact) mass is 342 g/mol. The maximum atomic E-state index is 12.3. The van der Waals surface area contributed by atoms with Crippen LogP contribution in [0.15, 0.2) is 30.3 Å². The number of benzene rings is 1. The topological polar surface area (TPSA) is 58.1 Å². The predicted octanol–water partition coefficient (Wildman–Crippen LogP) is 2.62. The molecule has 4 rings (SSSR count). The molecule has 1 aliphatic heterocycles. The van der Waals surface area contributed by atoms with Crippen molar-refractivity contribution in [3.8, 4) is 0 Å². The second-order valence-electron chi connectivity index (χ2n) is 6.72. The Hall–Kier alpha value is -1.95. The first-order valence-corrected chi connectivity index (χ1v) is 9.47. The summed E-state index contributed by atoms with van der Waals surface area (Å²) < 4.78 is 4.50. The van der Waals surface area contributed by atoms with Gasteiger partial charge < -0.3 is 10.2 Å². The Morgan fingerprint density at radius 1 is 1.25 bits per heavy atom. The second-order valence-corrected chi connectivity index (χ2v) is 7.45. The van der Waals surface area contributed by atoms with Gasteiger partial charge in [-0.3, -0.25) is 4.79 Å². The molecule has 1 N–H and O–H groups in total. The molecule has 0 spiro atoms. The Labute approximate surface area is 146 Å². The molecule has 1 saturated carbocycles. The lowest BCUT2D eigenvalue weighted by molar-refractivity contribution is -0.125. The molecule has 2 aromatic rings. The van der Waals surface area contributed by atoms with Crippen LogP contribution in [0, 0.1) is 5.92 Å². The van der Waals surface area contributed by atoms with Crippen LogP contribution in [0.3, 0.4) is 0 Å². The lowest BCUT2D eigenvalue weighted by Gasteiger charge is -2.31. The first kappa shape index (κ1) is 15.6. The van der Waals surface area contributed by atoms with E-state index in [0.29, 0.717) is 6.04 Å². The summed E-state index contributed by atoms with van der Waals surface area (Å²) in [5.74, 6) is 1.17. The number of hydrogen-bond donors (Lipinski definition) is 1. The molecule has 2 fully saturated rings. The molecule has 1 saturated heterocycles. The summed E-state index contributed by atoms with van der Waals surface area (Å²) in [6.07, 6.45) is 5.06. The van der Waals surface area contributed by atoms with Crippen molar-refractivity contribution >= 4 is 22.6 Å². The molecule has 1 aliphatic carbocycles. The molecule has 24 heavy (non-hydrogen) atoms. The maximum absolute atomic E-state index is 12.3. The number of amides is 1. The van der Waals surface area contributed by atoms with Crippen LogP contribution in [0.4, 0.5) is 5.13 Å². The Bertz CT molecular complexity index is 698. The van der Waals surface area contributed by atoms with Gasteiger partial charge in [-0.2, -0.15) is 4.37 Å². The number of rotatable bonds is 5. The average molecular weight is 342 g/mol. The summed E-state index contributed by atoms with van der Waals surface area (Å²) in [6, 6.07) is 10.7. The van der Waals surface area contributed by atoms with Gasteiger partial charge >= 0.3 is 0 Å². The molecule has 6 heteroatoms. The number of nitrogens with one attached hydrogen (secondary N) is 1. The fourth-order valence-corrected chi connectivity index (χ4v) is 3.85. The quantitative estimate of drug-likeness (QED) is 0.907. The van der Waals surface area contributed by atoms with E-state index in [9.17, 15) is 4.79 Å². The number of carbonyl (C=O) groups excluding carboxylic acids is 1.